The van der Waals surface area contributed by atoms with Gasteiger partial charge < -0.3 is 9.84 Å². The van der Waals surface area contributed by atoms with Gasteiger partial charge in [0.05, 0.1) is 5.56 Å². The van der Waals surface area contributed by atoms with Crippen LogP contribution in [0.1, 0.15) is 33.2 Å². The summed E-state index contributed by atoms with van der Waals surface area (Å²) in [6.45, 7) is -1.59. The van der Waals surface area contributed by atoms with Crippen LogP contribution in [0.5, 0.6) is 5.75 Å². The van der Waals surface area contributed by atoms with Crippen molar-refractivity contribution < 1.29 is 36.6 Å². The number of Topliss-reactive ketones (excluding diaryl/α,β-unsaturated/α-hetero) is 1. The van der Waals surface area contributed by atoms with E-state index < -0.39 is 30.2 Å². The number of carbonyl (C=O) groups is 1. The Bertz CT molecular complexity index is 771. The number of aliphatic hydroxyl groups is 1. The van der Waals surface area contributed by atoms with Crippen LogP contribution >= 0.6 is 0 Å². The molecular formula is C17H13F5O3. The lowest BCUT2D eigenvalue weighted by molar-refractivity contribution is -0.137. The first kappa shape index (κ1) is 18.9. The van der Waals surface area contributed by atoms with Crippen LogP contribution in [-0.4, -0.2) is 17.5 Å². The smallest absolute Gasteiger partial charge is 0.416 e. The van der Waals surface area contributed by atoms with E-state index in [1.54, 1.807) is 0 Å². The summed E-state index contributed by atoms with van der Waals surface area (Å²) >= 11 is 0. The first-order valence-electron chi connectivity index (χ1n) is 7.04. The average Bonchev–Trinajstić information content (AvgIpc) is 2.54. The van der Waals surface area contributed by atoms with Crippen molar-refractivity contribution in [2.75, 3.05) is 0 Å². The minimum absolute atomic E-state index is 0.0570. The Labute approximate surface area is 139 Å². The summed E-state index contributed by atoms with van der Waals surface area (Å²) in [5.74, 6) is -1.06. The van der Waals surface area contributed by atoms with Gasteiger partial charge in [-0.15, -0.1) is 0 Å². The quantitative estimate of drug-likeness (QED) is 0.629. The number of ketones is 1. The minimum Gasteiger partial charge on any atom is -0.435 e. The normalized spacial score (nSPS) is 13.0. The largest absolute Gasteiger partial charge is 0.435 e. The Balaban J connectivity index is 2.27. The van der Waals surface area contributed by atoms with Gasteiger partial charge in [0, 0.05) is 5.56 Å². The molecule has 134 valence electrons. The Morgan fingerprint density at radius 3 is 2.36 bits per heavy atom. The molecule has 2 rings (SSSR count). The maximum absolute atomic E-state index is 12.7. The molecule has 0 spiro atoms. The van der Waals surface area contributed by atoms with E-state index in [4.69, 9.17) is 0 Å². The van der Waals surface area contributed by atoms with Gasteiger partial charge in [-0.05, 0) is 42.3 Å². The van der Waals surface area contributed by atoms with Crippen LogP contribution in [-0.2, 0) is 6.18 Å². The van der Waals surface area contributed by atoms with Crippen molar-refractivity contribution in [3.05, 3.63) is 64.7 Å². The van der Waals surface area contributed by atoms with Gasteiger partial charge in [0.25, 0.3) is 0 Å². The summed E-state index contributed by atoms with van der Waals surface area (Å²) in [6, 6.07) is 7.28. The van der Waals surface area contributed by atoms with Crippen molar-refractivity contribution in [2.45, 2.75) is 25.8 Å². The maximum atomic E-state index is 12.7. The van der Waals surface area contributed by atoms with Gasteiger partial charge in [0.15, 0.2) is 5.78 Å². The molecule has 0 amide bonds. The van der Waals surface area contributed by atoms with Gasteiger partial charge in [0.2, 0.25) is 0 Å². The van der Waals surface area contributed by atoms with Crippen LogP contribution in [0.4, 0.5) is 22.0 Å². The second kappa shape index (κ2) is 7.18. The van der Waals surface area contributed by atoms with Crippen LogP contribution in [0.15, 0.2) is 42.5 Å². The van der Waals surface area contributed by atoms with E-state index in [0.717, 1.165) is 24.3 Å². The molecule has 1 unspecified atom stereocenters. The molecule has 0 bridgehead atoms. The Morgan fingerprint density at radius 1 is 1.12 bits per heavy atom. The molecule has 3 nitrogen and oxygen atoms in total. The monoisotopic (exact) mass is 360 g/mol. The van der Waals surface area contributed by atoms with Gasteiger partial charge in [-0.25, -0.2) is 0 Å². The predicted octanol–water partition coefficient (Wildman–Crippen LogP) is 4.53. The molecule has 0 heterocycles. The molecule has 8 heteroatoms. The molecule has 0 radical (unpaired) electrons. The van der Waals surface area contributed by atoms with Gasteiger partial charge in [0.1, 0.15) is 11.9 Å². The third kappa shape index (κ3) is 4.54. The van der Waals surface area contributed by atoms with E-state index in [0.29, 0.717) is 6.07 Å². The van der Waals surface area contributed by atoms with Crippen molar-refractivity contribution in [1.82, 2.24) is 0 Å². The third-order valence-corrected chi connectivity index (χ3v) is 3.45. The molecule has 2 aromatic carbocycles. The molecule has 1 atom stereocenters. The third-order valence-electron chi connectivity index (χ3n) is 3.45. The zero-order chi connectivity index (χ0) is 18.8. The highest BCUT2D eigenvalue weighted by Gasteiger charge is 2.31. The molecule has 0 saturated heterocycles. The van der Waals surface area contributed by atoms with Crippen molar-refractivity contribution >= 4 is 5.78 Å². The van der Waals surface area contributed by atoms with Gasteiger partial charge in [-0.1, -0.05) is 18.2 Å². The van der Waals surface area contributed by atoms with Gasteiger partial charge in [-0.3, -0.25) is 4.79 Å². The number of ether oxygens (including phenoxy) is 1. The van der Waals surface area contributed by atoms with Crippen molar-refractivity contribution in [3.63, 3.8) is 0 Å². The molecular weight excluding hydrogens is 347 g/mol. The lowest BCUT2D eigenvalue weighted by Gasteiger charge is -2.14. The number of hydrogen-bond acceptors (Lipinski definition) is 3. The Morgan fingerprint density at radius 2 is 1.80 bits per heavy atom. The van der Waals surface area contributed by atoms with E-state index in [2.05, 4.69) is 4.74 Å². The number of rotatable bonds is 5. The van der Waals surface area contributed by atoms with E-state index in [9.17, 15) is 31.9 Å². The highest BCUT2D eigenvalue weighted by molar-refractivity contribution is 6.00. The zero-order valence-electron chi connectivity index (χ0n) is 12.8. The van der Waals surface area contributed by atoms with Gasteiger partial charge >= 0.3 is 12.8 Å². The fourth-order valence-electron chi connectivity index (χ4n) is 2.23. The number of aliphatic hydroxyl groups excluding tert-OH is 1. The summed E-state index contributed by atoms with van der Waals surface area (Å²) in [4.78, 5) is 12.2. The van der Waals surface area contributed by atoms with Crippen molar-refractivity contribution in [3.8, 4) is 5.75 Å². The summed E-state index contributed by atoms with van der Waals surface area (Å²) in [7, 11) is 0. The summed E-state index contributed by atoms with van der Waals surface area (Å²) < 4.78 is 66.8. The van der Waals surface area contributed by atoms with Crippen LogP contribution in [0, 0.1) is 6.92 Å². The fraction of sp³-hybridized carbons (Fsp3) is 0.235. The topological polar surface area (TPSA) is 46.5 Å². The van der Waals surface area contributed by atoms with Crippen LogP contribution in [0.25, 0.3) is 0 Å². The molecule has 0 saturated carbocycles. The number of aryl methyl sites for hydroxylation is 1. The molecule has 0 aromatic heterocycles. The first-order chi connectivity index (χ1) is 11.6. The fourth-order valence-corrected chi connectivity index (χ4v) is 2.23. The van der Waals surface area contributed by atoms with Gasteiger partial charge in [-0.2, -0.15) is 22.0 Å². The number of hydrogen-bond donors (Lipinski definition) is 1. The average molecular weight is 360 g/mol. The van der Waals surface area contributed by atoms with E-state index >= 15 is 0 Å². The number of alkyl halides is 5. The maximum Gasteiger partial charge on any atom is 0.416 e. The number of halogens is 5. The number of carbonyl (C=O) groups excluding carboxylic acids is 1. The first-order valence-corrected chi connectivity index (χ1v) is 7.04. The number of benzene rings is 2. The summed E-state index contributed by atoms with van der Waals surface area (Å²) in [5, 5.41) is 10.1. The van der Waals surface area contributed by atoms with E-state index in [1.165, 1.54) is 19.1 Å². The lowest BCUT2D eigenvalue weighted by Crippen LogP contribution is -2.14. The van der Waals surface area contributed by atoms with Crippen LogP contribution in [0.3, 0.4) is 0 Å². The molecule has 0 aliphatic rings. The highest BCUT2D eigenvalue weighted by atomic mass is 19.4. The second-order valence-electron chi connectivity index (χ2n) is 5.25. The van der Waals surface area contributed by atoms with E-state index in [1.807, 2.05) is 0 Å². The Kier molecular flexibility index (Phi) is 5.42. The molecule has 1 N–H and O–H groups in total. The molecule has 25 heavy (non-hydrogen) atoms. The Hall–Kier alpha value is -2.48. The summed E-state index contributed by atoms with van der Waals surface area (Å²) in [6.07, 6.45) is -6.35. The van der Waals surface area contributed by atoms with Crippen LogP contribution in [0.2, 0.25) is 0 Å². The van der Waals surface area contributed by atoms with Crippen molar-refractivity contribution in [1.29, 1.82) is 0 Å². The van der Waals surface area contributed by atoms with E-state index in [-0.39, 0.29) is 22.4 Å². The highest BCUT2D eigenvalue weighted by Crippen LogP contribution is 2.31. The predicted molar refractivity (Wildman–Crippen MR) is 78.5 cm³/mol. The molecule has 0 aliphatic heterocycles. The van der Waals surface area contributed by atoms with Crippen LogP contribution < -0.4 is 4.74 Å². The molecule has 0 aliphatic carbocycles. The van der Waals surface area contributed by atoms with Crippen molar-refractivity contribution in [2.24, 2.45) is 0 Å². The molecule has 2 aromatic rings. The standard InChI is InChI=1S/C17H13F5O3/c1-9-7-11(5-6-13(9)25-16(18)19)15(24)14(23)10-3-2-4-12(8-10)17(20,21)22/h2-8,15-16,24H,1H3. The molecule has 0 fully saturated rings. The SMILES string of the molecule is Cc1cc(C(O)C(=O)c2cccc(C(F)(F)F)c2)ccc1OC(F)F. The zero-order valence-corrected chi connectivity index (χ0v) is 12.8. The lowest BCUT2D eigenvalue weighted by atomic mass is 9.97. The second-order valence-corrected chi connectivity index (χ2v) is 5.25. The summed E-state index contributed by atoms with van der Waals surface area (Å²) in [5.41, 5.74) is -1.02. The minimum atomic E-state index is -4.62.